The van der Waals surface area contributed by atoms with Crippen LogP contribution < -0.4 is 11.1 Å². The molecular formula is C19H19ClN4O3S2. The number of amides is 1. The molecule has 10 heteroatoms. The third kappa shape index (κ3) is 4.58. The molecule has 0 aliphatic rings. The van der Waals surface area contributed by atoms with Gasteiger partial charge in [-0.25, -0.2) is 13.1 Å². The summed E-state index contributed by atoms with van der Waals surface area (Å²) in [5, 5.41) is 7.71. The maximum atomic E-state index is 13.1. The zero-order chi connectivity index (χ0) is 21.2. The maximum absolute atomic E-state index is 13.1. The molecule has 3 rings (SSSR count). The van der Waals surface area contributed by atoms with Gasteiger partial charge in [-0.05, 0) is 49.6 Å². The smallest absolute Gasteiger partial charge is 0.246 e. The molecule has 1 amide bonds. The molecule has 0 spiro atoms. The molecule has 7 nitrogen and oxygen atoms in total. The molecule has 0 fully saturated rings. The lowest BCUT2D eigenvalue weighted by Gasteiger charge is -2.08. The van der Waals surface area contributed by atoms with E-state index in [1.807, 2.05) is 6.92 Å². The predicted molar refractivity (Wildman–Crippen MR) is 115 cm³/mol. The molecule has 29 heavy (non-hydrogen) atoms. The largest absolute Gasteiger partial charge is 0.383 e. The molecule has 3 aromatic rings. The van der Waals surface area contributed by atoms with Crippen LogP contribution in [0.3, 0.4) is 0 Å². The number of nitrogen functional groups attached to an aromatic ring is 1. The summed E-state index contributed by atoms with van der Waals surface area (Å²) in [5.74, 6) is -0.477. The van der Waals surface area contributed by atoms with Gasteiger partial charge in [0.1, 0.15) is 22.3 Å². The number of nitrogens with zero attached hydrogens (tertiary/aromatic N) is 2. The van der Waals surface area contributed by atoms with Crippen molar-refractivity contribution in [3.63, 3.8) is 0 Å². The number of carbonyl (C=O) groups is 1. The Hall–Kier alpha value is -2.49. The van der Waals surface area contributed by atoms with Crippen molar-refractivity contribution in [2.45, 2.75) is 28.3 Å². The first-order chi connectivity index (χ1) is 13.7. The molecule has 0 saturated heterocycles. The molecule has 0 atom stereocenters. The quantitative estimate of drug-likeness (QED) is 0.555. The summed E-state index contributed by atoms with van der Waals surface area (Å²) >= 11 is 6.98. The van der Waals surface area contributed by atoms with Crippen LogP contribution in [-0.4, -0.2) is 30.4 Å². The zero-order valence-corrected chi connectivity index (χ0v) is 18.1. The monoisotopic (exact) mass is 450 g/mol. The number of benzene rings is 2. The highest BCUT2D eigenvalue weighted by Gasteiger charge is 2.29. The van der Waals surface area contributed by atoms with Crippen molar-refractivity contribution in [3.8, 4) is 0 Å². The van der Waals surface area contributed by atoms with E-state index in [1.165, 1.54) is 16.8 Å². The summed E-state index contributed by atoms with van der Waals surface area (Å²) in [6.07, 6.45) is 1.70. The minimum atomic E-state index is -3.88. The van der Waals surface area contributed by atoms with Crippen molar-refractivity contribution in [2.75, 3.05) is 17.3 Å². The first kappa shape index (κ1) is 21.2. The van der Waals surface area contributed by atoms with Gasteiger partial charge in [-0.1, -0.05) is 29.3 Å². The second-order valence-corrected chi connectivity index (χ2v) is 9.37. The van der Waals surface area contributed by atoms with Crippen LogP contribution in [0.2, 0.25) is 5.02 Å². The molecule has 0 aliphatic heterocycles. The maximum Gasteiger partial charge on any atom is 0.246 e. The van der Waals surface area contributed by atoms with E-state index in [-0.39, 0.29) is 27.2 Å². The lowest BCUT2D eigenvalue weighted by Crippen LogP contribution is -2.21. The number of anilines is 2. The predicted octanol–water partition coefficient (Wildman–Crippen LogP) is 3.62. The molecule has 1 heterocycles. The van der Waals surface area contributed by atoms with Crippen LogP contribution in [0.15, 0.2) is 63.3 Å². The van der Waals surface area contributed by atoms with Gasteiger partial charge in [0.05, 0.1) is 4.90 Å². The Labute approximate surface area is 178 Å². The fourth-order valence-corrected chi connectivity index (χ4v) is 5.20. The number of hydrogen-bond acceptors (Lipinski definition) is 6. The Kier molecular flexibility index (Phi) is 6.21. The number of nitrogens with two attached hydrogens (primary N) is 1. The minimum Gasteiger partial charge on any atom is -0.383 e. The highest BCUT2D eigenvalue weighted by atomic mass is 35.5. The highest BCUT2D eigenvalue weighted by molar-refractivity contribution is 7.99. The second kappa shape index (κ2) is 8.48. The molecule has 0 aliphatic carbocycles. The normalized spacial score (nSPS) is 11.4. The van der Waals surface area contributed by atoms with Gasteiger partial charge in [0.25, 0.3) is 0 Å². The van der Waals surface area contributed by atoms with E-state index >= 15 is 0 Å². The van der Waals surface area contributed by atoms with Crippen molar-refractivity contribution in [1.29, 1.82) is 0 Å². The van der Waals surface area contributed by atoms with Crippen molar-refractivity contribution in [1.82, 2.24) is 9.78 Å². The fourth-order valence-electron chi connectivity index (χ4n) is 2.65. The lowest BCUT2D eigenvalue weighted by molar-refractivity contribution is -0.116. The van der Waals surface area contributed by atoms with E-state index in [2.05, 4.69) is 10.4 Å². The number of sulfone groups is 1. The van der Waals surface area contributed by atoms with E-state index in [1.54, 1.807) is 42.7 Å². The summed E-state index contributed by atoms with van der Waals surface area (Å²) in [7, 11) is -3.88. The van der Waals surface area contributed by atoms with E-state index in [0.29, 0.717) is 10.7 Å². The van der Waals surface area contributed by atoms with E-state index in [4.69, 9.17) is 17.3 Å². The van der Waals surface area contributed by atoms with Crippen LogP contribution in [0.25, 0.3) is 0 Å². The summed E-state index contributed by atoms with van der Waals surface area (Å²) in [6, 6.07) is 13.1. The van der Waals surface area contributed by atoms with Gasteiger partial charge in [0, 0.05) is 10.7 Å². The first-order valence-electron chi connectivity index (χ1n) is 8.50. The number of nitrogens with one attached hydrogen (secondary N) is 1. The van der Waals surface area contributed by atoms with Crippen LogP contribution in [0.1, 0.15) is 5.56 Å². The lowest BCUT2D eigenvalue weighted by atomic mass is 10.2. The first-order valence-corrected chi connectivity index (χ1v) is 11.6. The van der Waals surface area contributed by atoms with Crippen LogP contribution in [0, 0.1) is 6.92 Å². The third-order valence-corrected chi connectivity index (χ3v) is 7.02. The zero-order valence-electron chi connectivity index (χ0n) is 15.7. The number of aryl methyl sites for hydroxylation is 1. The summed E-state index contributed by atoms with van der Waals surface area (Å²) in [4.78, 5) is 12.4. The van der Waals surface area contributed by atoms with Gasteiger partial charge in [-0.2, -0.15) is 5.10 Å². The van der Waals surface area contributed by atoms with Crippen LogP contribution in [0.4, 0.5) is 11.5 Å². The minimum absolute atomic E-state index is 0.0822. The standard InChI is InChI=1S/C19H19ClN4O3S2/c1-12-3-9-15(10-4-12)29(26,27)17-18(21)24(23-19(17)28-2)11-16(25)22-14-7-5-13(20)6-8-14/h3-10H,11,21H2,1-2H3,(H,22,25). The van der Waals surface area contributed by atoms with Crippen LogP contribution in [0.5, 0.6) is 0 Å². The van der Waals surface area contributed by atoms with Crippen molar-refractivity contribution in [2.24, 2.45) is 0 Å². The van der Waals surface area contributed by atoms with E-state index in [9.17, 15) is 13.2 Å². The molecule has 152 valence electrons. The summed E-state index contributed by atoms with van der Waals surface area (Å²) in [5.41, 5.74) is 7.60. The number of thioether (sulfide) groups is 1. The molecular weight excluding hydrogens is 432 g/mol. The molecule has 0 unspecified atom stereocenters. The van der Waals surface area contributed by atoms with Crippen molar-refractivity contribution in [3.05, 3.63) is 59.1 Å². The third-order valence-electron chi connectivity index (χ3n) is 4.13. The SMILES string of the molecule is CSc1nn(CC(=O)Nc2ccc(Cl)cc2)c(N)c1S(=O)(=O)c1ccc(C)cc1. The van der Waals surface area contributed by atoms with Gasteiger partial charge in [-0.3, -0.25) is 4.79 Å². The number of carbonyl (C=O) groups excluding carboxylic acids is 1. The Morgan fingerprint density at radius 3 is 2.38 bits per heavy atom. The Balaban J connectivity index is 1.90. The molecule has 0 saturated carbocycles. The topological polar surface area (TPSA) is 107 Å². The molecule has 2 aromatic carbocycles. The van der Waals surface area contributed by atoms with E-state index in [0.717, 1.165) is 17.3 Å². The van der Waals surface area contributed by atoms with Crippen LogP contribution in [-0.2, 0) is 21.2 Å². The van der Waals surface area contributed by atoms with Crippen molar-refractivity contribution >= 4 is 50.6 Å². The number of aromatic nitrogens is 2. The fraction of sp³-hybridized carbons (Fsp3) is 0.158. The van der Waals surface area contributed by atoms with Crippen molar-refractivity contribution < 1.29 is 13.2 Å². The Morgan fingerprint density at radius 1 is 1.17 bits per heavy atom. The second-order valence-electron chi connectivity index (χ2n) is 6.25. The Morgan fingerprint density at radius 2 is 1.79 bits per heavy atom. The van der Waals surface area contributed by atoms with Crippen LogP contribution >= 0.6 is 23.4 Å². The van der Waals surface area contributed by atoms with Gasteiger partial charge < -0.3 is 11.1 Å². The highest BCUT2D eigenvalue weighted by Crippen LogP contribution is 2.34. The molecule has 1 aromatic heterocycles. The number of rotatable bonds is 6. The van der Waals surface area contributed by atoms with Gasteiger partial charge in [0.15, 0.2) is 0 Å². The molecule has 0 bridgehead atoms. The molecule has 3 N–H and O–H groups in total. The average molecular weight is 451 g/mol. The number of halogens is 1. The number of hydrogen-bond donors (Lipinski definition) is 2. The Bertz CT molecular complexity index is 1140. The summed E-state index contributed by atoms with van der Waals surface area (Å²) in [6.45, 7) is 1.64. The van der Waals surface area contributed by atoms with Gasteiger partial charge >= 0.3 is 0 Å². The average Bonchev–Trinajstić information content (AvgIpc) is 3.00. The van der Waals surface area contributed by atoms with Gasteiger partial charge in [0.2, 0.25) is 15.7 Å². The van der Waals surface area contributed by atoms with Gasteiger partial charge in [-0.15, -0.1) is 11.8 Å². The van der Waals surface area contributed by atoms with E-state index < -0.39 is 15.7 Å². The molecule has 0 radical (unpaired) electrons. The summed E-state index contributed by atoms with van der Waals surface area (Å²) < 4.78 is 27.4.